The molecular formula is C21H23FN4O. The van der Waals surface area contributed by atoms with Gasteiger partial charge < -0.3 is 9.88 Å². The summed E-state index contributed by atoms with van der Waals surface area (Å²) in [5, 5.41) is 12.2. The van der Waals surface area contributed by atoms with Gasteiger partial charge in [-0.15, -0.1) is 5.10 Å². The van der Waals surface area contributed by atoms with Crippen LogP contribution in [0, 0.1) is 5.82 Å². The third kappa shape index (κ3) is 3.56. The molecule has 1 unspecified atom stereocenters. The van der Waals surface area contributed by atoms with Crippen LogP contribution in [0.25, 0.3) is 10.9 Å². The monoisotopic (exact) mass is 366 g/mol. The lowest BCUT2D eigenvalue weighted by atomic mass is 9.96. The van der Waals surface area contributed by atoms with E-state index in [1.165, 1.54) is 6.07 Å². The zero-order valence-corrected chi connectivity index (χ0v) is 15.6. The molecule has 0 fully saturated rings. The summed E-state index contributed by atoms with van der Waals surface area (Å²) in [6.45, 7) is 1.95. The van der Waals surface area contributed by atoms with Gasteiger partial charge in [0.25, 0.3) is 5.91 Å². The number of rotatable bonds is 4. The van der Waals surface area contributed by atoms with Gasteiger partial charge in [-0.25, -0.2) is 4.39 Å². The zero-order valence-electron chi connectivity index (χ0n) is 15.6. The molecule has 1 aliphatic rings. The normalized spacial score (nSPS) is 14.8. The second-order valence-electron chi connectivity index (χ2n) is 7.41. The highest BCUT2D eigenvalue weighted by Crippen LogP contribution is 2.23. The first-order valence-corrected chi connectivity index (χ1v) is 9.41. The second kappa shape index (κ2) is 7.10. The van der Waals surface area contributed by atoms with Crippen LogP contribution in [0.3, 0.4) is 0 Å². The van der Waals surface area contributed by atoms with Crippen molar-refractivity contribution in [2.75, 3.05) is 0 Å². The van der Waals surface area contributed by atoms with Gasteiger partial charge in [0.2, 0.25) is 0 Å². The molecule has 1 aromatic carbocycles. The molecular weight excluding hydrogens is 343 g/mol. The van der Waals surface area contributed by atoms with Crippen LogP contribution >= 0.6 is 0 Å². The maximum absolute atomic E-state index is 13.6. The van der Waals surface area contributed by atoms with E-state index in [0.29, 0.717) is 12.1 Å². The van der Waals surface area contributed by atoms with Crippen molar-refractivity contribution in [3.8, 4) is 0 Å². The molecule has 1 N–H and O–H groups in total. The highest BCUT2D eigenvalue weighted by atomic mass is 19.1. The van der Waals surface area contributed by atoms with E-state index in [-0.39, 0.29) is 17.8 Å². The molecule has 0 bridgehead atoms. The Hall–Kier alpha value is -2.76. The van der Waals surface area contributed by atoms with E-state index in [2.05, 4.69) is 15.5 Å². The predicted octanol–water partition coefficient (Wildman–Crippen LogP) is 3.35. The molecule has 0 aliphatic heterocycles. The Morgan fingerprint density at radius 1 is 1.26 bits per heavy atom. The largest absolute Gasteiger partial charge is 0.350 e. The number of nitrogens with one attached hydrogen (secondary N) is 1. The van der Waals surface area contributed by atoms with Gasteiger partial charge in [-0.05, 0) is 74.4 Å². The standard InChI is InChI=1S/C21H23FN4O/c1-13(9-15-12-26(2)20-8-7-16(22)11-17(15)20)23-21(27)19-10-14-5-3-4-6-18(14)24-25-19/h7-8,10-13H,3-6,9H2,1-2H3,(H,23,27). The molecule has 1 atom stereocenters. The summed E-state index contributed by atoms with van der Waals surface area (Å²) in [5.41, 5.74) is 4.51. The number of halogens is 1. The van der Waals surface area contributed by atoms with E-state index in [1.807, 2.05) is 30.8 Å². The van der Waals surface area contributed by atoms with Gasteiger partial charge in [-0.3, -0.25) is 4.79 Å². The van der Waals surface area contributed by atoms with Crippen molar-refractivity contribution >= 4 is 16.8 Å². The fourth-order valence-electron chi connectivity index (χ4n) is 3.89. The highest BCUT2D eigenvalue weighted by Gasteiger charge is 2.18. The van der Waals surface area contributed by atoms with E-state index < -0.39 is 0 Å². The third-order valence-corrected chi connectivity index (χ3v) is 5.24. The van der Waals surface area contributed by atoms with Crippen LogP contribution in [0.2, 0.25) is 0 Å². The number of hydrogen-bond acceptors (Lipinski definition) is 3. The molecule has 0 spiro atoms. The van der Waals surface area contributed by atoms with Crippen LogP contribution in [-0.2, 0) is 26.3 Å². The smallest absolute Gasteiger partial charge is 0.272 e. The summed E-state index contributed by atoms with van der Waals surface area (Å²) in [6, 6.07) is 6.56. The molecule has 3 aromatic rings. The minimum Gasteiger partial charge on any atom is -0.350 e. The van der Waals surface area contributed by atoms with Crippen molar-refractivity contribution in [1.29, 1.82) is 0 Å². The van der Waals surface area contributed by atoms with Gasteiger partial charge in [0.15, 0.2) is 5.69 Å². The zero-order chi connectivity index (χ0) is 19.0. The summed E-state index contributed by atoms with van der Waals surface area (Å²) >= 11 is 0. The van der Waals surface area contributed by atoms with Gasteiger partial charge in [0.05, 0.1) is 5.69 Å². The van der Waals surface area contributed by atoms with Crippen LogP contribution in [0.1, 0.15) is 47.1 Å². The quantitative estimate of drug-likeness (QED) is 0.770. The summed E-state index contributed by atoms with van der Waals surface area (Å²) in [6.07, 6.45) is 6.78. The van der Waals surface area contributed by atoms with Crippen LogP contribution in [0.5, 0.6) is 0 Å². The van der Waals surface area contributed by atoms with Crippen molar-refractivity contribution in [2.24, 2.45) is 7.05 Å². The number of carbonyl (C=O) groups excluding carboxylic acids is 1. The Labute approximate surface area is 157 Å². The Kier molecular flexibility index (Phi) is 4.64. The highest BCUT2D eigenvalue weighted by molar-refractivity contribution is 5.92. The molecule has 0 saturated carbocycles. The summed E-state index contributed by atoms with van der Waals surface area (Å²) in [7, 11) is 1.94. The second-order valence-corrected chi connectivity index (χ2v) is 7.41. The van der Waals surface area contributed by atoms with Gasteiger partial charge in [0, 0.05) is 30.2 Å². The molecule has 4 rings (SSSR count). The van der Waals surface area contributed by atoms with E-state index in [1.54, 1.807) is 12.1 Å². The average molecular weight is 366 g/mol. The number of benzene rings is 1. The minimum atomic E-state index is -0.254. The van der Waals surface area contributed by atoms with E-state index in [9.17, 15) is 9.18 Å². The maximum Gasteiger partial charge on any atom is 0.272 e. The number of aryl methyl sites for hydroxylation is 3. The molecule has 5 nitrogen and oxygen atoms in total. The Bertz CT molecular complexity index is 1010. The molecule has 2 aromatic heterocycles. The number of aromatic nitrogens is 3. The minimum absolute atomic E-state index is 0.107. The number of fused-ring (bicyclic) bond motifs is 2. The van der Waals surface area contributed by atoms with Crippen molar-refractivity contribution in [2.45, 2.75) is 45.1 Å². The first kappa shape index (κ1) is 17.6. The number of carbonyl (C=O) groups is 1. The first-order chi connectivity index (χ1) is 13.0. The number of nitrogens with zero attached hydrogens (tertiary/aromatic N) is 3. The first-order valence-electron chi connectivity index (χ1n) is 9.41. The molecule has 1 aliphatic carbocycles. The van der Waals surface area contributed by atoms with E-state index >= 15 is 0 Å². The number of hydrogen-bond donors (Lipinski definition) is 1. The van der Waals surface area contributed by atoms with E-state index in [0.717, 1.165) is 53.4 Å². The predicted molar refractivity (Wildman–Crippen MR) is 102 cm³/mol. The topological polar surface area (TPSA) is 59.8 Å². The SMILES string of the molecule is CC(Cc1cn(C)c2ccc(F)cc12)NC(=O)c1cc2c(nn1)CCCC2. The van der Waals surface area contributed by atoms with Gasteiger partial charge in [-0.2, -0.15) is 5.10 Å². The van der Waals surface area contributed by atoms with Crippen LogP contribution in [0.15, 0.2) is 30.5 Å². The van der Waals surface area contributed by atoms with Crippen molar-refractivity contribution in [3.63, 3.8) is 0 Å². The molecule has 0 saturated heterocycles. The van der Waals surface area contributed by atoms with Crippen molar-refractivity contribution in [1.82, 2.24) is 20.1 Å². The lowest BCUT2D eigenvalue weighted by Gasteiger charge is -2.16. The summed E-state index contributed by atoms with van der Waals surface area (Å²) in [4.78, 5) is 12.6. The molecule has 6 heteroatoms. The van der Waals surface area contributed by atoms with Crippen LogP contribution < -0.4 is 5.32 Å². The summed E-state index contributed by atoms with van der Waals surface area (Å²) in [5.74, 6) is -0.467. The third-order valence-electron chi connectivity index (χ3n) is 5.24. The lowest BCUT2D eigenvalue weighted by molar-refractivity contribution is 0.0933. The Balaban J connectivity index is 1.49. The molecule has 1 amide bonds. The maximum atomic E-state index is 13.6. The van der Waals surface area contributed by atoms with Crippen molar-refractivity contribution < 1.29 is 9.18 Å². The number of amides is 1. The molecule has 0 radical (unpaired) electrons. The molecule has 140 valence electrons. The molecule has 27 heavy (non-hydrogen) atoms. The van der Waals surface area contributed by atoms with Crippen LogP contribution in [0.4, 0.5) is 4.39 Å². The Morgan fingerprint density at radius 2 is 2.07 bits per heavy atom. The van der Waals surface area contributed by atoms with Gasteiger partial charge in [-0.1, -0.05) is 0 Å². The molecule has 2 heterocycles. The van der Waals surface area contributed by atoms with Gasteiger partial charge >= 0.3 is 0 Å². The fourth-order valence-corrected chi connectivity index (χ4v) is 3.89. The van der Waals surface area contributed by atoms with E-state index in [4.69, 9.17) is 0 Å². The van der Waals surface area contributed by atoms with Crippen LogP contribution in [-0.4, -0.2) is 26.7 Å². The van der Waals surface area contributed by atoms with Gasteiger partial charge in [0.1, 0.15) is 5.82 Å². The fraction of sp³-hybridized carbons (Fsp3) is 0.381. The van der Waals surface area contributed by atoms with Crippen molar-refractivity contribution in [3.05, 3.63) is 58.8 Å². The Morgan fingerprint density at radius 3 is 2.93 bits per heavy atom. The lowest BCUT2D eigenvalue weighted by Crippen LogP contribution is -2.35. The summed E-state index contributed by atoms with van der Waals surface area (Å²) < 4.78 is 15.6. The average Bonchev–Trinajstić information content (AvgIpc) is 2.95.